The summed E-state index contributed by atoms with van der Waals surface area (Å²) in [6, 6.07) is 9.53. The summed E-state index contributed by atoms with van der Waals surface area (Å²) in [7, 11) is 0. The van der Waals surface area contributed by atoms with Gasteiger partial charge in [0.15, 0.2) is 0 Å². The van der Waals surface area contributed by atoms with Crippen molar-refractivity contribution in [3.8, 4) is 11.3 Å². The summed E-state index contributed by atoms with van der Waals surface area (Å²) in [5.41, 5.74) is 0.469. The van der Waals surface area contributed by atoms with Gasteiger partial charge in [-0.1, -0.05) is 23.8 Å². The predicted octanol–water partition coefficient (Wildman–Crippen LogP) is 4.63. The molecule has 0 amide bonds. The summed E-state index contributed by atoms with van der Waals surface area (Å²) in [6.07, 6.45) is 1.55. The molecule has 1 heterocycles. The minimum Gasteiger partial charge on any atom is -0.512 e. The van der Waals surface area contributed by atoms with Crippen LogP contribution in [-0.2, 0) is 20.1 Å². The molecule has 0 unspecified atom stereocenters. The van der Waals surface area contributed by atoms with Crippen LogP contribution in [0.25, 0.3) is 16.1 Å². The third-order valence-corrected chi connectivity index (χ3v) is 2.11. The molecule has 1 aromatic heterocycles. The maximum Gasteiger partial charge on any atom is 3.00 e. The molecule has 0 saturated heterocycles. The molecule has 0 saturated carbocycles. The topological polar surface area (TPSA) is 41.0 Å². The van der Waals surface area contributed by atoms with Crippen LogP contribution >= 0.6 is 0 Å². The van der Waals surface area contributed by atoms with Crippen molar-refractivity contribution in [2.24, 2.45) is 0 Å². The Morgan fingerprint density at radius 3 is 2.17 bits per heavy atom. The number of hydrogen-bond acceptors (Lipinski definition) is 2. The number of nitrogens with zero attached hydrogens (tertiary/aromatic N) is 3. The smallest absolute Gasteiger partial charge is 0.512 e. The SMILES string of the molecule is Fc1c[c-]c(-c2ccccn2)c(F)c1.[C-]#N.[C-]#[N+]C(C)(C)C.[Ir+3]. The van der Waals surface area contributed by atoms with Crippen molar-refractivity contribution in [3.63, 3.8) is 0 Å². The van der Waals surface area contributed by atoms with E-state index in [-0.39, 0.29) is 31.2 Å². The summed E-state index contributed by atoms with van der Waals surface area (Å²) < 4.78 is 25.8. The van der Waals surface area contributed by atoms with E-state index in [1.165, 1.54) is 0 Å². The average molecular weight is 492 g/mol. The van der Waals surface area contributed by atoms with Crippen molar-refractivity contribution in [2.45, 2.75) is 26.3 Å². The number of hydrogen-bond donors (Lipinski definition) is 0. The van der Waals surface area contributed by atoms with Gasteiger partial charge in [-0.2, -0.15) is 0 Å². The maximum atomic E-state index is 13.2. The van der Waals surface area contributed by atoms with E-state index in [1.54, 1.807) is 24.4 Å². The number of pyridine rings is 1. The first kappa shape index (κ1) is 23.1. The largest absolute Gasteiger partial charge is 3.00 e. The molecular formula is C17H15F2IrN3+. The molecule has 0 fully saturated rings. The van der Waals surface area contributed by atoms with E-state index in [4.69, 9.17) is 18.4 Å². The van der Waals surface area contributed by atoms with E-state index < -0.39 is 11.6 Å². The van der Waals surface area contributed by atoms with Crippen molar-refractivity contribution < 1.29 is 28.9 Å². The molecule has 0 spiro atoms. The third kappa shape index (κ3) is 9.47. The van der Waals surface area contributed by atoms with Crippen molar-refractivity contribution in [2.75, 3.05) is 0 Å². The molecule has 6 heteroatoms. The maximum absolute atomic E-state index is 13.2. The molecule has 3 nitrogen and oxygen atoms in total. The van der Waals surface area contributed by atoms with Crippen LogP contribution in [0.15, 0.2) is 36.5 Å². The Labute approximate surface area is 149 Å². The fourth-order valence-electron chi connectivity index (χ4n) is 1.15. The molecule has 2 rings (SSSR count). The molecule has 0 aliphatic rings. The molecule has 0 aliphatic heterocycles. The fourth-order valence-corrected chi connectivity index (χ4v) is 1.15. The van der Waals surface area contributed by atoms with Crippen molar-refractivity contribution in [1.82, 2.24) is 4.98 Å². The van der Waals surface area contributed by atoms with Crippen LogP contribution in [0.1, 0.15) is 20.8 Å². The Morgan fingerprint density at radius 2 is 1.78 bits per heavy atom. The van der Waals surface area contributed by atoms with Gasteiger partial charge in [0, 0.05) is 38.6 Å². The van der Waals surface area contributed by atoms with Crippen LogP contribution in [0, 0.1) is 36.1 Å². The Hall–Kier alpha value is -2.14. The van der Waals surface area contributed by atoms with Gasteiger partial charge in [0.1, 0.15) is 0 Å². The Balaban J connectivity index is 0. The average Bonchev–Trinajstić information content (AvgIpc) is 2.50. The molecule has 23 heavy (non-hydrogen) atoms. The van der Waals surface area contributed by atoms with E-state index in [1.807, 2.05) is 20.8 Å². The second-order valence-corrected chi connectivity index (χ2v) is 5.04. The summed E-state index contributed by atoms with van der Waals surface area (Å²) >= 11 is 0. The summed E-state index contributed by atoms with van der Waals surface area (Å²) in [5.74, 6) is -1.29. The van der Waals surface area contributed by atoms with Gasteiger partial charge >= 0.3 is 20.1 Å². The Morgan fingerprint density at radius 1 is 1.22 bits per heavy atom. The zero-order valence-corrected chi connectivity index (χ0v) is 15.3. The number of halogens is 2. The van der Waals surface area contributed by atoms with Crippen LogP contribution in [-0.4, -0.2) is 10.5 Å². The monoisotopic (exact) mass is 492 g/mol. The number of aromatic nitrogens is 1. The van der Waals surface area contributed by atoms with Gasteiger partial charge in [0.05, 0.1) is 0 Å². The molecule has 2 aromatic rings. The molecule has 0 aliphatic carbocycles. The van der Waals surface area contributed by atoms with Gasteiger partial charge < -0.3 is 21.7 Å². The van der Waals surface area contributed by atoms with Gasteiger partial charge in [0.25, 0.3) is 0 Å². The van der Waals surface area contributed by atoms with Crippen molar-refractivity contribution in [3.05, 3.63) is 72.2 Å². The van der Waals surface area contributed by atoms with Crippen LogP contribution in [0.2, 0.25) is 0 Å². The van der Waals surface area contributed by atoms with Crippen molar-refractivity contribution in [1.29, 1.82) is 5.26 Å². The molecule has 0 atom stereocenters. The van der Waals surface area contributed by atoms with E-state index in [2.05, 4.69) is 15.9 Å². The van der Waals surface area contributed by atoms with Gasteiger partial charge in [-0.3, -0.25) is 8.78 Å². The quantitative estimate of drug-likeness (QED) is 0.546. The minimum absolute atomic E-state index is 0. The van der Waals surface area contributed by atoms with E-state index >= 15 is 0 Å². The van der Waals surface area contributed by atoms with Crippen molar-refractivity contribution >= 4 is 0 Å². The van der Waals surface area contributed by atoms with E-state index in [0.717, 1.165) is 12.1 Å². The van der Waals surface area contributed by atoms with Gasteiger partial charge in [-0.25, -0.2) is 6.57 Å². The molecule has 120 valence electrons. The van der Waals surface area contributed by atoms with Gasteiger partial charge in [-0.05, 0) is 11.8 Å². The summed E-state index contributed by atoms with van der Waals surface area (Å²) in [5, 5.41) is 6.25. The second-order valence-electron chi connectivity index (χ2n) is 5.04. The van der Waals surface area contributed by atoms with E-state index in [9.17, 15) is 8.78 Å². The standard InChI is InChI=1S/C11H6F2N.C5H9N.CN.Ir/c12-8-4-5-9(10(13)7-8)11-3-1-2-6-14-11;1-5(2,3)6-4;1-2;/h1-4,6-7H;1-3H3;;/q-1;;-1;+3. The molecule has 0 bridgehead atoms. The molecule has 0 radical (unpaired) electrons. The van der Waals surface area contributed by atoms with Crippen LogP contribution < -0.4 is 0 Å². The van der Waals surface area contributed by atoms with Crippen LogP contribution in [0.5, 0.6) is 0 Å². The first-order valence-corrected chi connectivity index (χ1v) is 6.22. The first-order valence-electron chi connectivity index (χ1n) is 6.22. The Bertz CT molecular complexity index is 644. The zero-order chi connectivity index (χ0) is 17.2. The third-order valence-electron chi connectivity index (χ3n) is 2.11. The molecule has 1 aromatic carbocycles. The fraction of sp³-hybridized carbons (Fsp3) is 0.235. The summed E-state index contributed by atoms with van der Waals surface area (Å²) in [4.78, 5) is 7.22. The number of benzene rings is 1. The number of rotatable bonds is 1. The van der Waals surface area contributed by atoms with Crippen LogP contribution in [0.4, 0.5) is 8.78 Å². The second kappa shape index (κ2) is 11.4. The van der Waals surface area contributed by atoms with Crippen LogP contribution in [0.3, 0.4) is 0 Å². The zero-order valence-electron chi connectivity index (χ0n) is 12.9. The predicted molar refractivity (Wildman–Crippen MR) is 79.7 cm³/mol. The normalized spacial score (nSPS) is 8.96. The van der Waals surface area contributed by atoms with Gasteiger partial charge in [0.2, 0.25) is 5.54 Å². The van der Waals surface area contributed by atoms with E-state index in [0.29, 0.717) is 5.69 Å². The Kier molecular flexibility index (Phi) is 11.5. The molecular weight excluding hydrogens is 476 g/mol. The van der Waals surface area contributed by atoms with Gasteiger partial charge in [-0.15, -0.1) is 12.1 Å². The summed E-state index contributed by atoms with van der Waals surface area (Å²) in [6.45, 7) is 16.9. The molecule has 0 N–H and O–H groups in total. The first-order chi connectivity index (χ1) is 10.3. The minimum atomic E-state index is -0.649.